The number of aliphatic imine (C=N–C) groups is 1. The molecule has 0 aromatic heterocycles. The van der Waals surface area contributed by atoms with Crippen LogP contribution < -0.4 is 0 Å². The molecule has 0 atom stereocenters. The fourth-order valence-electron chi connectivity index (χ4n) is 0.500. The first-order valence-corrected chi connectivity index (χ1v) is 2.81. The molecule has 1 rings (SSSR count). The summed E-state index contributed by atoms with van der Waals surface area (Å²) >= 11 is 5.12. The van der Waals surface area contributed by atoms with Crippen molar-refractivity contribution in [3.63, 3.8) is 0 Å². The molecule has 10 heavy (non-hydrogen) atoms. The molecule has 1 aliphatic heterocycles. The number of amides is 1. The van der Waals surface area contributed by atoms with E-state index in [2.05, 4.69) is 4.99 Å². The smallest absolute Gasteiger partial charge is 0.285 e. The maximum Gasteiger partial charge on any atom is 0.321 e. The molecule has 3 nitrogen and oxygen atoms in total. The topological polar surface area (TPSA) is 32.7 Å². The molecule has 0 fully saturated rings. The zero-order valence-corrected chi connectivity index (χ0v) is 6.60. The molecular weight excluding hydrogens is 175 g/mol. The summed E-state index contributed by atoms with van der Waals surface area (Å²) in [6.45, 7) is 0.332. The fourth-order valence-corrected chi connectivity index (χ4v) is 0.609. The van der Waals surface area contributed by atoms with Gasteiger partial charge in [-0.25, -0.2) is 0 Å². The van der Waals surface area contributed by atoms with Crippen LogP contribution in [0.3, 0.4) is 0 Å². The Morgan fingerprint density at radius 3 is 2.70 bits per heavy atom. The largest absolute Gasteiger partial charge is 0.321 e. The molecular formula is C5H6Cl2N2O. The summed E-state index contributed by atoms with van der Waals surface area (Å²) in [5.74, 6) is 0. The van der Waals surface area contributed by atoms with Crippen LogP contribution in [0.25, 0.3) is 0 Å². The van der Waals surface area contributed by atoms with Crippen molar-refractivity contribution in [1.29, 1.82) is 0 Å². The van der Waals surface area contributed by atoms with Crippen LogP contribution in [0.15, 0.2) is 17.3 Å². The summed E-state index contributed by atoms with van der Waals surface area (Å²) in [5, 5.41) is -0.497. The Labute approximate surface area is 69.8 Å². The number of rotatable bonds is 0. The van der Waals surface area contributed by atoms with E-state index < -0.39 is 5.37 Å². The van der Waals surface area contributed by atoms with Crippen molar-refractivity contribution >= 4 is 35.6 Å². The second-order valence-corrected chi connectivity index (χ2v) is 1.86. The number of carbonyl (C=O) groups is 1. The highest BCUT2D eigenvalue weighted by Gasteiger charge is 2.05. The van der Waals surface area contributed by atoms with Crippen LogP contribution in [-0.4, -0.2) is 23.1 Å². The number of hydrogen-bond acceptors (Lipinski definition) is 2. The third-order valence-corrected chi connectivity index (χ3v) is 1.13. The zero-order chi connectivity index (χ0) is 6.69. The molecule has 1 amide bonds. The van der Waals surface area contributed by atoms with Gasteiger partial charge in [-0.2, -0.15) is 0 Å². The van der Waals surface area contributed by atoms with Crippen molar-refractivity contribution in [1.82, 2.24) is 4.90 Å². The lowest BCUT2D eigenvalue weighted by molar-refractivity contribution is 0.238. The van der Waals surface area contributed by atoms with Crippen molar-refractivity contribution in [3.8, 4) is 0 Å². The second kappa shape index (κ2) is 4.30. The van der Waals surface area contributed by atoms with Crippen molar-refractivity contribution in [2.75, 3.05) is 6.67 Å². The number of carbonyl (C=O) groups excluding carboxylic acids is 1. The SMILES string of the molecule is Cl.O=C(Cl)N1C=CC=NC1. The van der Waals surface area contributed by atoms with Crippen LogP contribution in [0.5, 0.6) is 0 Å². The van der Waals surface area contributed by atoms with Gasteiger partial charge in [0, 0.05) is 12.4 Å². The lowest BCUT2D eigenvalue weighted by Gasteiger charge is -2.12. The molecule has 0 aliphatic carbocycles. The molecule has 0 saturated heterocycles. The van der Waals surface area contributed by atoms with Crippen molar-refractivity contribution < 1.29 is 4.79 Å². The van der Waals surface area contributed by atoms with E-state index in [0.717, 1.165) is 0 Å². The van der Waals surface area contributed by atoms with E-state index in [9.17, 15) is 4.79 Å². The van der Waals surface area contributed by atoms with Gasteiger partial charge in [0.2, 0.25) is 0 Å². The number of allylic oxidation sites excluding steroid dienone is 1. The van der Waals surface area contributed by atoms with Crippen LogP contribution in [0.4, 0.5) is 4.79 Å². The van der Waals surface area contributed by atoms with E-state index in [1.54, 1.807) is 18.5 Å². The van der Waals surface area contributed by atoms with Crippen LogP contribution in [0, 0.1) is 0 Å². The molecule has 0 N–H and O–H groups in total. The lowest BCUT2D eigenvalue weighted by atomic mass is 10.6. The average molecular weight is 181 g/mol. The molecule has 0 bridgehead atoms. The van der Waals surface area contributed by atoms with Gasteiger partial charge in [0.05, 0.1) is 0 Å². The molecule has 0 aromatic carbocycles. The summed E-state index contributed by atoms with van der Waals surface area (Å²) in [5.41, 5.74) is 0. The Balaban J connectivity index is 0.000000810. The second-order valence-electron chi connectivity index (χ2n) is 1.54. The molecule has 1 aliphatic rings. The number of halogens is 2. The first-order chi connectivity index (χ1) is 4.30. The van der Waals surface area contributed by atoms with Crippen molar-refractivity contribution in [2.45, 2.75) is 0 Å². The van der Waals surface area contributed by atoms with Crippen LogP contribution in [0.2, 0.25) is 0 Å². The average Bonchev–Trinajstić information content (AvgIpc) is 1.90. The van der Waals surface area contributed by atoms with E-state index >= 15 is 0 Å². The maximum atomic E-state index is 10.4. The van der Waals surface area contributed by atoms with E-state index in [-0.39, 0.29) is 12.4 Å². The maximum absolute atomic E-state index is 10.4. The summed E-state index contributed by atoms with van der Waals surface area (Å²) in [6.07, 6.45) is 4.86. The monoisotopic (exact) mass is 180 g/mol. The summed E-state index contributed by atoms with van der Waals surface area (Å²) in [7, 11) is 0. The first kappa shape index (κ1) is 9.46. The first-order valence-electron chi connectivity index (χ1n) is 2.43. The van der Waals surface area contributed by atoms with Gasteiger partial charge in [-0.05, 0) is 17.7 Å². The summed E-state index contributed by atoms with van der Waals surface area (Å²) < 4.78 is 0. The Hall–Kier alpha value is -0.540. The summed E-state index contributed by atoms with van der Waals surface area (Å²) in [4.78, 5) is 15.5. The van der Waals surface area contributed by atoms with Gasteiger partial charge >= 0.3 is 5.37 Å². The van der Waals surface area contributed by atoms with Crippen molar-refractivity contribution in [3.05, 3.63) is 12.3 Å². The minimum Gasteiger partial charge on any atom is -0.285 e. The molecule has 5 heteroatoms. The predicted octanol–water partition coefficient (Wildman–Crippen LogP) is 1.62. The van der Waals surface area contributed by atoms with Gasteiger partial charge in [0.25, 0.3) is 0 Å². The quantitative estimate of drug-likeness (QED) is 0.412. The van der Waals surface area contributed by atoms with Gasteiger partial charge < -0.3 is 0 Å². The van der Waals surface area contributed by atoms with Gasteiger partial charge in [-0.15, -0.1) is 12.4 Å². The molecule has 0 radical (unpaired) electrons. The molecule has 1 heterocycles. The minimum absolute atomic E-state index is 0. The summed E-state index contributed by atoms with van der Waals surface area (Å²) in [6, 6.07) is 0. The van der Waals surface area contributed by atoms with E-state index in [0.29, 0.717) is 6.67 Å². The van der Waals surface area contributed by atoms with E-state index in [1.165, 1.54) is 4.90 Å². The fraction of sp³-hybridized carbons (Fsp3) is 0.200. The molecule has 0 spiro atoms. The van der Waals surface area contributed by atoms with Gasteiger partial charge in [-0.1, -0.05) is 0 Å². The predicted molar refractivity (Wildman–Crippen MR) is 42.8 cm³/mol. The molecule has 56 valence electrons. The molecule has 0 aromatic rings. The lowest BCUT2D eigenvalue weighted by Crippen LogP contribution is -2.21. The third kappa shape index (κ3) is 2.37. The minimum atomic E-state index is -0.497. The standard InChI is InChI=1S/C5H5ClN2O.ClH/c6-5(9)8-3-1-2-7-4-8;/h1-3H,4H2;1H. The Kier molecular flexibility index (Phi) is 4.07. The van der Waals surface area contributed by atoms with Gasteiger partial charge in [-0.3, -0.25) is 14.7 Å². The van der Waals surface area contributed by atoms with Crippen LogP contribution >= 0.6 is 24.0 Å². The number of hydrogen-bond donors (Lipinski definition) is 0. The van der Waals surface area contributed by atoms with E-state index in [4.69, 9.17) is 11.6 Å². The Bertz CT molecular complexity index is 178. The van der Waals surface area contributed by atoms with E-state index in [1.807, 2.05) is 0 Å². The molecule has 0 saturated carbocycles. The van der Waals surface area contributed by atoms with Gasteiger partial charge in [0.1, 0.15) is 6.67 Å². The Morgan fingerprint density at radius 1 is 1.70 bits per heavy atom. The van der Waals surface area contributed by atoms with Crippen LogP contribution in [-0.2, 0) is 0 Å². The zero-order valence-electron chi connectivity index (χ0n) is 5.03. The van der Waals surface area contributed by atoms with Gasteiger partial charge in [0.15, 0.2) is 0 Å². The normalized spacial score (nSPS) is 14.7. The number of nitrogens with zero attached hydrogens (tertiary/aromatic N) is 2. The highest BCUT2D eigenvalue weighted by Crippen LogP contribution is 1.99. The highest BCUT2D eigenvalue weighted by molar-refractivity contribution is 6.63. The van der Waals surface area contributed by atoms with Crippen molar-refractivity contribution in [2.24, 2.45) is 4.99 Å². The molecule has 0 unspecified atom stereocenters. The third-order valence-electron chi connectivity index (χ3n) is 0.917. The van der Waals surface area contributed by atoms with Crippen LogP contribution in [0.1, 0.15) is 0 Å². The highest BCUT2D eigenvalue weighted by atomic mass is 35.5. The Morgan fingerprint density at radius 2 is 2.40 bits per heavy atom.